The SMILES string of the molecule is CNc1nc(C2CC2)nc(Oc2ccc(Br)cc2Cl)c1C. The predicted octanol–water partition coefficient (Wildman–Crippen LogP) is 4.91. The quantitative estimate of drug-likeness (QED) is 0.832. The van der Waals surface area contributed by atoms with Gasteiger partial charge in [-0.25, -0.2) is 4.98 Å². The molecule has 0 spiro atoms. The van der Waals surface area contributed by atoms with E-state index in [0.29, 0.717) is 22.6 Å². The number of halogens is 2. The number of aromatic nitrogens is 2. The maximum absolute atomic E-state index is 6.21. The Morgan fingerprint density at radius 3 is 2.71 bits per heavy atom. The van der Waals surface area contributed by atoms with Crippen LogP contribution in [0.1, 0.15) is 30.1 Å². The summed E-state index contributed by atoms with van der Waals surface area (Å²) in [6.45, 7) is 1.94. The first kappa shape index (κ1) is 14.6. The second-order valence-corrected chi connectivity index (χ2v) is 6.38. The number of ether oxygens (including phenoxy) is 1. The molecule has 1 saturated carbocycles. The second kappa shape index (κ2) is 5.81. The number of hydrogen-bond acceptors (Lipinski definition) is 4. The third-order valence-corrected chi connectivity index (χ3v) is 4.19. The van der Waals surface area contributed by atoms with Crippen LogP contribution in [0.2, 0.25) is 5.02 Å². The highest BCUT2D eigenvalue weighted by Gasteiger charge is 2.28. The molecule has 1 N–H and O–H groups in total. The summed E-state index contributed by atoms with van der Waals surface area (Å²) >= 11 is 9.59. The van der Waals surface area contributed by atoms with Crippen LogP contribution in [0.15, 0.2) is 22.7 Å². The van der Waals surface area contributed by atoms with E-state index in [1.54, 1.807) is 6.07 Å². The van der Waals surface area contributed by atoms with E-state index in [0.717, 1.165) is 34.5 Å². The van der Waals surface area contributed by atoms with E-state index in [1.165, 1.54) is 0 Å². The van der Waals surface area contributed by atoms with Crippen LogP contribution in [-0.2, 0) is 0 Å². The fraction of sp³-hybridized carbons (Fsp3) is 0.333. The Balaban J connectivity index is 1.98. The van der Waals surface area contributed by atoms with E-state index in [4.69, 9.17) is 16.3 Å². The van der Waals surface area contributed by atoms with E-state index in [-0.39, 0.29) is 0 Å². The summed E-state index contributed by atoms with van der Waals surface area (Å²) in [5.74, 6) is 3.25. The second-order valence-electron chi connectivity index (χ2n) is 5.06. The van der Waals surface area contributed by atoms with Gasteiger partial charge < -0.3 is 10.1 Å². The van der Waals surface area contributed by atoms with Crippen LogP contribution < -0.4 is 10.1 Å². The zero-order chi connectivity index (χ0) is 15.0. The molecule has 1 fully saturated rings. The van der Waals surface area contributed by atoms with Gasteiger partial charge in [-0.1, -0.05) is 27.5 Å². The first-order valence-corrected chi connectivity index (χ1v) is 7.94. The zero-order valence-electron chi connectivity index (χ0n) is 11.8. The normalized spacial score (nSPS) is 14.1. The molecule has 0 aliphatic heterocycles. The minimum atomic E-state index is 0.459. The van der Waals surface area contributed by atoms with Crippen molar-refractivity contribution in [1.29, 1.82) is 0 Å². The first-order valence-electron chi connectivity index (χ1n) is 6.77. The summed E-state index contributed by atoms with van der Waals surface area (Å²) in [5, 5.41) is 3.64. The third kappa shape index (κ3) is 3.14. The number of hydrogen-bond donors (Lipinski definition) is 1. The summed E-state index contributed by atoms with van der Waals surface area (Å²) < 4.78 is 6.82. The van der Waals surface area contributed by atoms with E-state index < -0.39 is 0 Å². The summed E-state index contributed by atoms with van der Waals surface area (Å²) in [6, 6.07) is 5.51. The number of nitrogens with one attached hydrogen (secondary N) is 1. The molecular formula is C15H15BrClN3O. The van der Waals surface area contributed by atoms with Gasteiger partial charge in [0.05, 0.1) is 10.6 Å². The van der Waals surface area contributed by atoms with E-state index in [2.05, 4.69) is 31.2 Å². The van der Waals surface area contributed by atoms with Crippen LogP contribution >= 0.6 is 27.5 Å². The Kier molecular flexibility index (Phi) is 4.04. The zero-order valence-corrected chi connectivity index (χ0v) is 14.1. The van der Waals surface area contributed by atoms with Gasteiger partial charge in [0, 0.05) is 17.4 Å². The van der Waals surface area contributed by atoms with E-state index in [9.17, 15) is 0 Å². The van der Waals surface area contributed by atoms with Crippen molar-refractivity contribution in [2.45, 2.75) is 25.7 Å². The highest BCUT2D eigenvalue weighted by atomic mass is 79.9. The predicted molar refractivity (Wildman–Crippen MR) is 87.5 cm³/mol. The Morgan fingerprint density at radius 2 is 2.10 bits per heavy atom. The van der Waals surface area contributed by atoms with Crippen molar-refractivity contribution < 1.29 is 4.74 Å². The lowest BCUT2D eigenvalue weighted by atomic mass is 10.3. The van der Waals surface area contributed by atoms with Crippen LogP contribution in [0.4, 0.5) is 5.82 Å². The summed E-state index contributed by atoms with van der Waals surface area (Å²) in [7, 11) is 1.85. The smallest absolute Gasteiger partial charge is 0.227 e. The van der Waals surface area contributed by atoms with Gasteiger partial charge in [0.2, 0.25) is 5.88 Å². The fourth-order valence-corrected chi connectivity index (χ4v) is 2.75. The minimum Gasteiger partial charge on any atom is -0.437 e. The third-order valence-electron chi connectivity index (χ3n) is 3.40. The van der Waals surface area contributed by atoms with Crippen molar-refractivity contribution in [1.82, 2.24) is 9.97 Å². The monoisotopic (exact) mass is 367 g/mol. The van der Waals surface area contributed by atoms with Crippen molar-refractivity contribution in [3.8, 4) is 11.6 Å². The first-order chi connectivity index (χ1) is 10.1. The van der Waals surface area contributed by atoms with Gasteiger partial charge in [-0.05, 0) is 38.0 Å². The summed E-state index contributed by atoms with van der Waals surface area (Å²) in [4.78, 5) is 9.11. The van der Waals surface area contributed by atoms with Gasteiger partial charge in [0.15, 0.2) is 0 Å². The molecule has 1 aromatic heterocycles. The molecule has 6 heteroatoms. The Hall–Kier alpha value is -1.33. The van der Waals surface area contributed by atoms with Gasteiger partial charge in [-0.3, -0.25) is 0 Å². The van der Waals surface area contributed by atoms with Crippen molar-refractivity contribution in [3.05, 3.63) is 39.1 Å². The van der Waals surface area contributed by atoms with Gasteiger partial charge in [-0.15, -0.1) is 0 Å². The van der Waals surface area contributed by atoms with Gasteiger partial charge in [-0.2, -0.15) is 4.98 Å². The average Bonchev–Trinajstić information content (AvgIpc) is 3.28. The number of nitrogens with zero attached hydrogens (tertiary/aromatic N) is 2. The Labute approximate surface area is 137 Å². The molecule has 0 amide bonds. The molecule has 0 atom stereocenters. The molecule has 0 bridgehead atoms. The fourth-order valence-electron chi connectivity index (χ4n) is 2.04. The van der Waals surface area contributed by atoms with Gasteiger partial charge >= 0.3 is 0 Å². The van der Waals surface area contributed by atoms with Gasteiger partial charge in [0.25, 0.3) is 0 Å². The van der Waals surface area contributed by atoms with E-state index in [1.807, 2.05) is 26.1 Å². The van der Waals surface area contributed by atoms with Crippen LogP contribution in [0.3, 0.4) is 0 Å². The van der Waals surface area contributed by atoms with Crippen molar-refractivity contribution in [2.75, 3.05) is 12.4 Å². The van der Waals surface area contributed by atoms with Gasteiger partial charge in [0.1, 0.15) is 17.4 Å². The number of anilines is 1. The molecule has 1 aliphatic carbocycles. The topological polar surface area (TPSA) is 47.0 Å². The summed E-state index contributed by atoms with van der Waals surface area (Å²) in [5.41, 5.74) is 0.876. The molecule has 0 radical (unpaired) electrons. The molecular weight excluding hydrogens is 354 g/mol. The molecule has 0 unspecified atom stereocenters. The van der Waals surface area contributed by atoms with Crippen LogP contribution in [-0.4, -0.2) is 17.0 Å². The molecule has 21 heavy (non-hydrogen) atoms. The largest absolute Gasteiger partial charge is 0.437 e. The molecule has 1 aliphatic rings. The number of rotatable bonds is 4. The lowest BCUT2D eigenvalue weighted by Gasteiger charge is -2.13. The maximum atomic E-state index is 6.21. The van der Waals surface area contributed by atoms with Crippen LogP contribution in [0, 0.1) is 6.92 Å². The molecule has 1 aromatic carbocycles. The maximum Gasteiger partial charge on any atom is 0.227 e. The summed E-state index contributed by atoms with van der Waals surface area (Å²) in [6.07, 6.45) is 2.29. The molecule has 0 saturated heterocycles. The highest BCUT2D eigenvalue weighted by molar-refractivity contribution is 9.10. The highest BCUT2D eigenvalue weighted by Crippen LogP contribution is 2.41. The minimum absolute atomic E-state index is 0.459. The molecule has 3 rings (SSSR count). The molecule has 1 heterocycles. The Morgan fingerprint density at radius 1 is 1.33 bits per heavy atom. The molecule has 110 valence electrons. The van der Waals surface area contributed by atoms with Crippen molar-refractivity contribution in [3.63, 3.8) is 0 Å². The lowest BCUT2D eigenvalue weighted by Crippen LogP contribution is -2.04. The average molecular weight is 369 g/mol. The lowest BCUT2D eigenvalue weighted by molar-refractivity contribution is 0.455. The van der Waals surface area contributed by atoms with Crippen LogP contribution in [0.25, 0.3) is 0 Å². The molecule has 4 nitrogen and oxygen atoms in total. The van der Waals surface area contributed by atoms with E-state index >= 15 is 0 Å². The molecule has 2 aromatic rings. The van der Waals surface area contributed by atoms with Crippen molar-refractivity contribution in [2.24, 2.45) is 0 Å². The standard InChI is InChI=1S/C15H15BrClN3O/c1-8-13(18-2)19-14(9-3-4-9)20-15(8)21-12-6-5-10(16)7-11(12)17/h5-7,9H,3-4H2,1-2H3,(H,18,19,20). The van der Waals surface area contributed by atoms with Crippen LogP contribution in [0.5, 0.6) is 11.6 Å². The number of benzene rings is 1. The van der Waals surface area contributed by atoms with Crippen molar-refractivity contribution >= 4 is 33.3 Å². The Bertz CT molecular complexity index is 689.